The van der Waals surface area contributed by atoms with Gasteiger partial charge in [0.25, 0.3) is 0 Å². The van der Waals surface area contributed by atoms with Crippen LogP contribution < -0.4 is 64.5 Å². The lowest BCUT2D eigenvalue weighted by Crippen LogP contribution is -2.46. The molecule has 0 radical (unpaired) electrons. The van der Waals surface area contributed by atoms with E-state index in [2.05, 4.69) is 62.8 Å². The maximum atomic E-state index is 12.8. The fraction of sp³-hybridized carbons (Fsp3) is 0.588. The first kappa shape index (κ1) is 67.5. The number of carbonyl (C=O) groups is 9. The summed E-state index contributed by atoms with van der Waals surface area (Å²) in [6.45, 7) is 14.6. The molecule has 0 unspecified atom stereocenters. The Balaban J connectivity index is 1.44. The number of rotatable bonds is 33. The Morgan fingerprint density at radius 3 is 0.878 bits per heavy atom. The smallest absolute Gasteiger partial charge is 0.304 e. The van der Waals surface area contributed by atoms with Crippen LogP contribution in [-0.2, 0) is 62.4 Å². The molecule has 0 saturated carbocycles. The lowest BCUT2D eigenvalue weighted by atomic mass is 10.2. The van der Waals surface area contributed by atoms with E-state index >= 15 is 0 Å². The third-order valence-corrected chi connectivity index (χ3v) is 13.0. The number of hydrogen-bond acceptors (Lipinski definition) is 19. The Hall–Kier alpha value is -8.77. The molecular formula is C51H78N16O15. The third kappa shape index (κ3) is 22.0. The van der Waals surface area contributed by atoms with Crippen LogP contribution in [0.4, 0.5) is 0 Å². The molecule has 3 atom stereocenters. The molecule has 9 amide bonds. The predicted molar refractivity (Wildman–Crippen MR) is 292 cm³/mol. The molecule has 0 fully saturated rings. The van der Waals surface area contributed by atoms with Gasteiger partial charge < -0.3 is 63.5 Å². The molecule has 31 nitrogen and oxygen atoms in total. The molecule has 3 heterocycles. The summed E-state index contributed by atoms with van der Waals surface area (Å²) in [6.07, 6.45) is -1.12. The zero-order valence-electron chi connectivity index (χ0n) is 47.8. The number of nitrogens with zero attached hydrogens (tertiary/aromatic N) is 7. The van der Waals surface area contributed by atoms with Crippen LogP contribution >= 0.6 is 0 Å². The van der Waals surface area contributed by atoms with Crippen LogP contribution in [0.3, 0.4) is 0 Å². The van der Waals surface area contributed by atoms with Gasteiger partial charge in [0, 0.05) is 117 Å². The quantitative estimate of drug-likeness (QED) is 0.0257. The van der Waals surface area contributed by atoms with Crippen molar-refractivity contribution < 1.29 is 58.8 Å². The van der Waals surface area contributed by atoms with Crippen LogP contribution in [0, 0.1) is 41.5 Å². The molecule has 0 saturated heterocycles. The highest BCUT2D eigenvalue weighted by molar-refractivity contribution is 5.89. The fourth-order valence-corrected chi connectivity index (χ4v) is 7.62. The third-order valence-electron chi connectivity index (χ3n) is 13.0. The van der Waals surface area contributed by atoms with E-state index in [1.807, 2.05) is 4.90 Å². The van der Waals surface area contributed by atoms with Crippen LogP contribution in [0.5, 0.6) is 0 Å². The lowest BCUT2D eigenvalue weighted by molar-refractivity contribution is -0.128. The summed E-state index contributed by atoms with van der Waals surface area (Å²) in [4.78, 5) is 165. The highest BCUT2D eigenvalue weighted by atomic mass is 16.5. The van der Waals surface area contributed by atoms with E-state index in [4.69, 9.17) is 0 Å². The summed E-state index contributed by atoms with van der Waals surface area (Å²) in [5, 5.41) is 53.4. The maximum Gasteiger partial charge on any atom is 0.304 e. The largest absolute Gasteiger partial charge is 0.425 e. The van der Waals surface area contributed by atoms with Gasteiger partial charge in [-0.05, 0) is 62.3 Å². The molecule has 0 aliphatic carbocycles. The molecular weight excluding hydrogens is 1080 g/mol. The van der Waals surface area contributed by atoms with Crippen molar-refractivity contribution in [2.24, 2.45) is 0 Å². The van der Waals surface area contributed by atoms with Crippen LogP contribution in [0.1, 0.15) is 111 Å². The minimum atomic E-state index is -0.981. The summed E-state index contributed by atoms with van der Waals surface area (Å²) in [5.74, 6) is -4.57. The van der Waals surface area contributed by atoms with Gasteiger partial charge in [-0.25, -0.2) is 0 Å². The summed E-state index contributed by atoms with van der Waals surface area (Å²) in [6, 6.07) is -2.94. The number of nitrogens with one attached hydrogen (secondary N) is 9. The van der Waals surface area contributed by atoms with Gasteiger partial charge in [-0.3, -0.25) is 77.4 Å². The average molecular weight is 1160 g/mol. The summed E-state index contributed by atoms with van der Waals surface area (Å²) in [7, 11) is 0. The first-order valence-corrected chi connectivity index (χ1v) is 26.7. The van der Waals surface area contributed by atoms with E-state index < -0.39 is 88.0 Å². The van der Waals surface area contributed by atoms with E-state index in [0.717, 1.165) is 0 Å². The monoisotopic (exact) mass is 1150 g/mol. The van der Waals surface area contributed by atoms with Crippen molar-refractivity contribution in [1.29, 1.82) is 0 Å². The van der Waals surface area contributed by atoms with Crippen LogP contribution in [0.2, 0.25) is 0 Å². The van der Waals surface area contributed by atoms with E-state index in [0.29, 0.717) is 31.3 Å². The Kier molecular flexibility index (Phi) is 27.2. The molecule has 3 aromatic heterocycles. The van der Waals surface area contributed by atoms with Crippen LogP contribution in [-0.4, -0.2) is 180 Å². The van der Waals surface area contributed by atoms with Gasteiger partial charge >= 0.3 is 16.7 Å². The first-order valence-electron chi connectivity index (χ1n) is 26.7. The summed E-state index contributed by atoms with van der Waals surface area (Å²) >= 11 is 0. The van der Waals surface area contributed by atoms with Gasteiger partial charge in [0.05, 0.1) is 34.2 Å². The average Bonchev–Trinajstić information content (AvgIpc) is 3.52. The maximum absolute atomic E-state index is 12.8. The van der Waals surface area contributed by atoms with Gasteiger partial charge in [-0.2, -0.15) is 0 Å². The molecule has 3 aromatic rings. The van der Waals surface area contributed by atoms with Crippen molar-refractivity contribution in [2.75, 3.05) is 58.9 Å². The van der Waals surface area contributed by atoms with Crippen LogP contribution in [0.25, 0.3) is 0 Å². The Bertz CT molecular complexity index is 2680. The Morgan fingerprint density at radius 2 is 0.634 bits per heavy atom. The molecule has 82 heavy (non-hydrogen) atoms. The number of hydrogen-bond donors (Lipinski definition) is 12. The number of amides is 9. The minimum absolute atomic E-state index is 0.0110. The molecule has 0 aromatic carbocycles. The normalized spacial score (nSPS) is 12.1. The SMILES string of the molecule is Cc1nc(CCC(=O)N[C@@H](C)C(=O)NCCC(=O)NCCN(CCNC(=O)CCNC(=O)[C@H](C)NC(=O)CCc2nc(C)c(C)n(O)c2=O)CCNC(=O)CCNC(=O)[C@H](C)NC(=O)CCc2nc(C)c(C)n(O)c2=O)c(=O)n(O)c1C. The Morgan fingerprint density at radius 1 is 0.390 bits per heavy atom. The molecule has 0 aliphatic rings. The second-order valence-electron chi connectivity index (χ2n) is 19.4. The standard InChI is InChI=1S/C51H78N16O15/c1-28-34(7)65(80)49(77)37(58-28)10-13-43(71)61-31(4)46(74)55-19-16-40(68)52-22-25-64(26-23-53-41(69)17-20-56-47(75)32(5)62-44(72)14-11-38-50(78)66(81)35(8)29(2)59-38)27-24-54-42(70)18-21-57-48(76)33(6)63-45(73)15-12-39-51(79)67(82)36(9)30(3)60-39/h31-33,80-82H,10-27H2,1-9H3,(H,52,68)(H,53,69)(H,54,70)(H,55,74)(H,56,75)(H,57,76)(H,61,71)(H,62,72)(H,63,73)/t31-,32-,33-/m0/s1. The van der Waals surface area contributed by atoms with Crippen molar-refractivity contribution in [3.05, 3.63) is 82.3 Å². The second-order valence-corrected chi connectivity index (χ2v) is 19.4. The first-order chi connectivity index (χ1) is 38.6. The molecule has 452 valence electrons. The molecule has 31 heteroatoms. The van der Waals surface area contributed by atoms with Gasteiger partial charge in [0.2, 0.25) is 53.2 Å². The molecule has 3 rings (SSSR count). The number of aryl methyl sites for hydroxylation is 6. The number of carbonyl (C=O) groups excluding carboxylic acids is 9. The van der Waals surface area contributed by atoms with Crippen molar-refractivity contribution in [2.45, 2.75) is 138 Å². The molecule has 0 spiro atoms. The van der Waals surface area contributed by atoms with Crippen molar-refractivity contribution >= 4 is 53.2 Å². The predicted octanol–water partition coefficient (Wildman–Crippen LogP) is -4.20. The van der Waals surface area contributed by atoms with E-state index in [1.165, 1.54) is 41.5 Å². The summed E-state index contributed by atoms with van der Waals surface area (Å²) in [5.41, 5.74) is -0.222. The van der Waals surface area contributed by atoms with E-state index in [1.54, 1.807) is 20.8 Å². The zero-order valence-corrected chi connectivity index (χ0v) is 47.8. The second kappa shape index (κ2) is 33.1. The van der Waals surface area contributed by atoms with Crippen molar-refractivity contribution in [1.82, 2.24) is 81.9 Å². The van der Waals surface area contributed by atoms with Gasteiger partial charge in [-0.1, -0.05) is 0 Å². The van der Waals surface area contributed by atoms with E-state index in [9.17, 15) is 73.2 Å². The minimum Gasteiger partial charge on any atom is -0.425 e. The molecule has 0 aliphatic heterocycles. The Labute approximate surface area is 472 Å². The van der Waals surface area contributed by atoms with Gasteiger partial charge in [0.1, 0.15) is 35.2 Å². The van der Waals surface area contributed by atoms with Crippen molar-refractivity contribution in [3.63, 3.8) is 0 Å². The summed E-state index contributed by atoms with van der Waals surface area (Å²) < 4.78 is 1.40. The lowest BCUT2D eigenvalue weighted by Gasteiger charge is -2.23. The molecule has 12 N–H and O–H groups in total. The van der Waals surface area contributed by atoms with E-state index in [-0.39, 0.29) is 151 Å². The topological polar surface area (TPSA) is 430 Å². The highest BCUT2D eigenvalue weighted by Crippen LogP contribution is 2.06. The van der Waals surface area contributed by atoms with Crippen LogP contribution in [0.15, 0.2) is 14.4 Å². The van der Waals surface area contributed by atoms with Crippen molar-refractivity contribution in [3.8, 4) is 0 Å². The van der Waals surface area contributed by atoms with Gasteiger partial charge in [0.15, 0.2) is 0 Å². The zero-order chi connectivity index (χ0) is 61.4. The van der Waals surface area contributed by atoms with Gasteiger partial charge in [-0.15, -0.1) is 14.2 Å². The fourth-order valence-electron chi connectivity index (χ4n) is 7.62. The molecule has 0 bridgehead atoms. The number of aromatic nitrogens is 6. The highest BCUT2D eigenvalue weighted by Gasteiger charge is 2.22.